The summed E-state index contributed by atoms with van der Waals surface area (Å²) in [5.41, 5.74) is 4.54. The Hall–Kier alpha value is -3.41. The molecule has 6 nitrogen and oxygen atoms in total. The van der Waals surface area contributed by atoms with Gasteiger partial charge < -0.3 is 15.5 Å². The predicted molar refractivity (Wildman–Crippen MR) is 108 cm³/mol. The first-order valence-corrected chi connectivity index (χ1v) is 8.74. The maximum absolute atomic E-state index is 12.3. The molecule has 0 fully saturated rings. The number of aromatic nitrogens is 2. The molecular formula is C21H23N5O. The lowest BCUT2D eigenvalue weighted by Crippen LogP contribution is -2.24. The second kappa shape index (κ2) is 8.31. The minimum absolute atomic E-state index is 0.243. The molecule has 0 aliphatic heterocycles. The van der Waals surface area contributed by atoms with Gasteiger partial charge in [-0.3, -0.25) is 4.79 Å². The van der Waals surface area contributed by atoms with Gasteiger partial charge in [-0.25, -0.2) is 0 Å². The molecule has 0 aliphatic rings. The van der Waals surface area contributed by atoms with Gasteiger partial charge in [-0.2, -0.15) is 0 Å². The first-order valence-electron chi connectivity index (χ1n) is 8.74. The van der Waals surface area contributed by atoms with E-state index >= 15 is 0 Å². The molecule has 27 heavy (non-hydrogen) atoms. The third-order valence-corrected chi connectivity index (χ3v) is 4.25. The molecule has 138 valence electrons. The van der Waals surface area contributed by atoms with Crippen molar-refractivity contribution in [3.63, 3.8) is 0 Å². The SMILES string of the molecule is Cc1ccccc1CNC(=O)c1ccc(Nc2ccc(N(C)C)cc2)nn1. The highest BCUT2D eigenvalue weighted by atomic mass is 16.1. The Balaban J connectivity index is 1.59. The third-order valence-electron chi connectivity index (χ3n) is 4.25. The summed E-state index contributed by atoms with van der Waals surface area (Å²) in [4.78, 5) is 14.3. The van der Waals surface area contributed by atoms with Crippen LogP contribution in [0.3, 0.4) is 0 Å². The second-order valence-electron chi connectivity index (χ2n) is 6.48. The molecule has 2 aromatic carbocycles. The third kappa shape index (κ3) is 4.82. The van der Waals surface area contributed by atoms with Crippen molar-refractivity contribution in [1.82, 2.24) is 15.5 Å². The van der Waals surface area contributed by atoms with E-state index in [9.17, 15) is 4.79 Å². The molecule has 0 saturated heterocycles. The zero-order chi connectivity index (χ0) is 19.2. The van der Waals surface area contributed by atoms with E-state index in [-0.39, 0.29) is 11.6 Å². The number of hydrogen-bond acceptors (Lipinski definition) is 5. The van der Waals surface area contributed by atoms with Crippen LogP contribution in [0.1, 0.15) is 21.6 Å². The summed E-state index contributed by atoms with van der Waals surface area (Å²) < 4.78 is 0. The molecule has 1 aromatic heterocycles. The largest absolute Gasteiger partial charge is 0.378 e. The lowest BCUT2D eigenvalue weighted by Gasteiger charge is -2.13. The van der Waals surface area contributed by atoms with Gasteiger partial charge in [0.15, 0.2) is 11.5 Å². The first-order chi connectivity index (χ1) is 13.0. The van der Waals surface area contributed by atoms with Crippen LogP contribution in [-0.2, 0) is 6.54 Å². The molecule has 3 rings (SSSR count). The van der Waals surface area contributed by atoms with E-state index in [0.717, 1.165) is 22.5 Å². The number of nitrogens with zero attached hydrogens (tertiary/aromatic N) is 3. The Morgan fingerprint density at radius 3 is 2.33 bits per heavy atom. The van der Waals surface area contributed by atoms with E-state index in [1.807, 2.05) is 74.4 Å². The zero-order valence-corrected chi connectivity index (χ0v) is 15.7. The van der Waals surface area contributed by atoms with Gasteiger partial charge >= 0.3 is 0 Å². The number of amides is 1. The molecule has 0 spiro atoms. The predicted octanol–water partition coefficient (Wildman–Crippen LogP) is 3.52. The van der Waals surface area contributed by atoms with Crippen LogP contribution in [0.5, 0.6) is 0 Å². The molecule has 0 unspecified atom stereocenters. The van der Waals surface area contributed by atoms with Crippen LogP contribution in [0.25, 0.3) is 0 Å². The van der Waals surface area contributed by atoms with Gasteiger partial charge in [-0.15, -0.1) is 10.2 Å². The fourth-order valence-electron chi connectivity index (χ4n) is 2.59. The molecule has 0 atom stereocenters. The normalized spacial score (nSPS) is 10.3. The van der Waals surface area contributed by atoms with Crippen molar-refractivity contribution in [2.45, 2.75) is 13.5 Å². The van der Waals surface area contributed by atoms with Crippen LogP contribution in [0, 0.1) is 6.92 Å². The molecule has 0 saturated carbocycles. The van der Waals surface area contributed by atoms with Crippen molar-refractivity contribution in [3.8, 4) is 0 Å². The maximum atomic E-state index is 12.3. The Morgan fingerprint density at radius 2 is 1.70 bits per heavy atom. The fraction of sp³-hybridized carbons (Fsp3) is 0.190. The average molecular weight is 361 g/mol. The summed E-state index contributed by atoms with van der Waals surface area (Å²) in [6.45, 7) is 2.48. The van der Waals surface area contributed by atoms with E-state index < -0.39 is 0 Å². The molecule has 0 bridgehead atoms. The van der Waals surface area contributed by atoms with Crippen LogP contribution in [-0.4, -0.2) is 30.2 Å². The fourth-order valence-corrected chi connectivity index (χ4v) is 2.59. The highest BCUT2D eigenvalue weighted by Crippen LogP contribution is 2.18. The standard InChI is InChI=1S/C21H23N5O/c1-15-6-4-5-7-16(15)14-22-21(27)19-12-13-20(25-24-19)23-17-8-10-18(11-9-17)26(2)3/h4-13H,14H2,1-3H3,(H,22,27)(H,23,25). The summed E-state index contributed by atoms with van der Waals surface area (Å²) in [5.74, 6) is 0.343. The minimum Gasteiger partial charge on any atom is -0.378 e. The summed E-state index contributed by atoms with van der Waals surface area (Å²) in [6.07, 6.45) is 0. The first kappa shape index (κ1) is 18.4. The summed E-state index contributed by atoms with van der Waals surface area (Å²) in [6, 6.07) is 19.3. The maximum Gasteiger partial charge on any atom is 0.272 e. The Morgan fingerprint density at radius 1 is 0.963 bits per heavy atom. The molecule has 0 aliphatic carbocycles. The van der Waals surface area contributed by atoms with Crippen LogP contribution in [0.4, 0.5) is 17.2 Å². The van der Waals surface area contributed by atoms with Gasteiger partial charge in [-0.05, 0) is 54.4 Å². The van der Waals surface area contributed by atoms with Crippen molar-refractivity contribution in [1.29, 1.82) is 0 Å². The zero-order valence-electron chi connectivity index (χ0n) is 15.7. The van der Waals surface area contributed by atoms with E-state index in [1.165, 1.54) is 0 Å². The van der Waals surface area contributed by atoms with Crippen molar-refractivity contribution >= 4 is 23.1 Å². The van der Waals surface area contributed by atoms with E-state index in [2.05, 4.69) is 20.8 Å². The number of carbonyl (C=O) groups is 1. The van der Waals surface area contributed by atoms with Gasteiger partial charge in [-0.1, -0.05) is 24.3 Å². The Kier molecular flexibility index (Phi) is 5.66. The molecule has 3 aromatic rings. The van der Waals surface area contributed by atoms with Gasteiger partial charge in [0.05, 0.1) is 0 Å². The molecule has 1 heterocycles. The Bertz CT molecular complexity index is 905. The van der Waals surface area contributed by atoms with Gasteiger partial charge in [0, 0.05) is 32.0 Å². The Labute approximate surface area is 159 Å². The smallest absolute Gasteiger partial charge is 0.272 e. The number of rotatable bonds is 6. The number of aryl methyl sites for hydroxylation is 1. The second-order valence-corrected chi connectivity index (χ2v) is 6.48. The monoisotopic (exact) mass is 361 g/mol. The molecule has 1 amide bonds. The van der Waals surface area contributed by atoms with Crippen LogP contribution in [0.15, 0.2) is 60.7 Å². The van der Waals surface area contributed by atoms with E-state index in [4.69, 9.17) is 0 Å². The quantitative estimate of drug-likeness (QED) is 0.703. The van der Waals surface area contributed by atoms with Crippen molar-refractivity contribution in [2.24, 2.45) is 0 Å². The summed E-state index contributed by atoms with van der Waals surface area (Å²) in [7, 11) is 3.99. The van der Waals surface area contributed by atoms with Crippen molar-refractivity contribution < 1.29 is 4.79 Å². The van der Waals surface area contributed by atoms with Crippen LogP contribution in [0.2, 0.25) is 0 Å². The van der Waals surface area contributed by atoms with Gasteiger partial charge in [0.2, 0.25) is 0 Å². The molecule has 2 N–H and O–H groups in total. The lowest BCUT2D eigenvalue weighted by atomic mass is 10.1. The van der Waals surface area contributed by atoms with Crippen molar-refractivity contribution in [2.75, 3.05) is 24.3 Å². The molecule has 6 heteroatoms. The van der Waals surface area contributed by atoms with E-state index in [1.54, 1.807) is 12.1 Å². The van der Waals surface area contributed by atoms with Gasteiger partial charge in [0.1, 0.15) is 0 Å². The average Bonchev–Trinajstić information content (AvgIpc) is 2.68. The van der Waals surface area contributed by atoms with Gasteiger partial charge in [0.25, 0.3) is 5.91 Å². The molecule has 0 radical (unpaired) electrons. The molecular weight excluding hydrogens is 338 g/mol. The summed E-state index contributed by atoms with van der Waals surface area (Å²) >= 11 is 0. The lowest BCUT2D eigenvalue weighted by molar-refractivity contribution is 0.0945. The number of carbonyl (C=O) groups excluding carboxylic acids is 1. The minimum atomic E-state index is -0.243. The van der Waals surface area contributed by atoms with E-state index in [0.29, 0.717) is 12.4 Å². The number of anilines is 3. The topological polar surface area (TPSA) is 70.2 Å². The highest BCUT2D eigenvalue weighted by molar-refractivity contribution is 5.92. The number of benzene rings is 2. The van der Waals surface area contributed by atoms with Crippen LogP contribution < -0.4 is 15.5 Å². The summed E-state index contributed by atoms with van der Waals surface area (Å²) in [5, 5.41) is 14.2. The number of hydrogen-bond donors (Lipinski definition) is 2. The van der Waals surface area contributed by atoms with Crippen molar-refractivity contribution in [3.05, 3.63) is 77.5 Å². The highest BCUT2D eigenvalue weighted by Gasteiger charge is 2.09. The number of nitrogens with one attached hydrogen (secondary N) is 2. The van der Waals surface area contributed by atoms with Crippen LogP contribution >= 0.6 is 0 Å².